The lowest BCUT2D eigenvalue weighted by Crippen LogP contribution is -1.98. The van der Waals surface area contributed by atoms with Gasteiger partial charge in [-0.25, -0.2) is 24.7 Å². The van der Waals surface area contributed by atoms with E-state index in [0.29, 0.717) is 18.2 Å². The molecule has 4 aromatic rings. The zero-order valence-corrected chi connectivity index (χ0v) is 17.3. The molecule has 146 valence electrons. The summed E-state index contributed by atoms with van der Waals surface area (Å²) in [5.74, 6) is -0.353. The Morgan fingerprint density at radius 3 is 2.69 bits per heavy atom. The van der Waals surface area contributed by atoms with Gasteiger partial charge in [-0.2, -0.15) is 0 Å². The highest BCUT2D eigenvalue weighted by molar-refractivity contribution is 7.15. The number of aromatic nitrogens is 4. The van der Waals surface area contributed by atoms with Gasteiger partial charge >= 0.3 is 12.0 Å². The van der Waals surface area contributed by atoms with Gasteiger partial charge in [0, 0.05) is 17.8 Å². The fourth-order valence-electron chi connectivity index (χ4n) is 2.63. The summed E-state index contributed by atoms with van der Waals surface area (Å²) in [4.78, 5) is 31.0. The second-order valence-electron chi connectivity index (χ2n) is 5.94. The van der Waals surface area contributed by atoms with E-state index in [0.717, 1.165) is 31.8 Å². The highest BCUT2D eigenvalue weighted by atomic mass is 32.1. The minimum Gasteiger partial charge on any atom is -0.465 e. The summed E-state index contributed by atoms with van der Waals surface area (Å²) in [6.45, 7) is 2.24. The molecule has 0 atom stereocenters. The zero-order chi connectivity index (χ0) is 20.2. The average Bonchev–Trinajstić information content (AvgIpc) is 3.40. The van der Waals surface area contributed by atoms with Crippen LogP contribution in [-0.2, 0) is 11.3 Å². The third-order valence-electron chi connectivity index (χ3n) is 3.96. The molecular weight excluding hydrogens is 408 g/mol. The first kappa shape index (κ1) is 19.2. The lowest BCUT2D eigenvalue weighted by Gasteiger charge is -2.02. The first-order valence-corrected chi connectivity index (χ1v) is 10.3. The quantitative estimate of drug-likeness (QED) is 0.424. The topological polar surface area (TPSA) is 87.1 Å². The Bertz CT molecular complexity index is 1140. The Balaban J connectivity index is 1.56. The summed E-state index contributed by atoms with van der Waals surface area (Å²) < 4.78 is 10.4. The number of aryl methyl sites for hydroxylation is 1. The Kier molecular flexibility index (Phi) is 5.59. The van der Waals surface area contributed by atoms with E-state index in [1.807, 2.05) is 25.1 Å². The molecule has 0 spiro atoms. The Hall–Kier alpha value is -3.17. The van der Waals surface area contributed by atoms with Gasteiger partial charge in [0.05, 0.1) is 39.5 Å². The van der Waals surface area contributed by atoms with Crippen LogP contribution in [0.4, 0.5) is 0 Å². The number of methoxy groups -OCH3 is 1. The van der Waals surface area contributed by atoms with Gasteiger partial charge in [-0.1, -0.05) is 6.07 Å². The number of thiazole rings is 1. The van der Waals surface area contributed by atoms with Crippen molar-refractivity contribution in [3.8, 4) is 27.2 Å². The molecule has 0 N–H and O–H groups in total. The van der Waals surface area contributed by atoms with Gasteiger partial charge in [0.15, 0.2) is 0 Å². The predicted octanol–water partition coefficient (Wildman–Crippen LogP) is 4.40. The van der Waals surface area contributed by atoms with Crippen molar-refractivity contribution in [1.29, 1.82) is 0 Å². The number of esters is 1. The molecule has 0 fully saturated rings. The highest BCUT2D eigenvalue weighted by Gasteiger charge is 2.15. The minimum absolute atomic E-state index is 0.294. The van der Waals surface area contributed by atoms with Gasteiger partial charge in [-0.05, 0) is 31.2 Å². The lowest BCUT2D eigenvalue weighted by molar-refractivity contribution is 0.0601. The van der Waals surface area contributed by atoms with Crippen molar-refractivity contribution in [1.82, 2.24) is 19.9 Å². The Morgan fingerprint density at radius 1 is 1.10 bits per heavy atom. The van der Waals surface area contributed by atoms with E-state index in [4.69, 9.17) is 14.5 Å². The van der Waals surface area contributed by atoms with Crippen LogP contribution in [0.3, 0.4) is 0 Å². The van der Waals surface area contributed by atoms with Crippen LogP contribution in [0.1, 0.15) is 21.1 Å². The SMILES string of the molecule is COC(=O)c1csc(-c2cccc(-c3sc(COc4ncccn4)nc3C)n2)c1. The van der Waals surface area contributed by atoms with Crippen molar-refractivity contribution in [3.05, 3.63) is 64.4 Å². The Labute approximate surface area is 175 Å². The van der Waals surface area contributed by atoms with Crippen LogP contribution in [0, 0.1) is 6.92 Å². The van der Waals surface area contributed by atoms with Gasteiger partial charge in [0.2, 0.25) is 0 Å². The molecule has 0 aliphatic rings. The van der Waals surface area contributed by atoms with E-state index >= 15 is 0 Å². The van der Waals surface area contributed by atoms with E-state index in [2.05, 4.69) is 15.0 Å². The van der Waals surface area contributed by atoms with E-state index in [-0.39, 0.29) is 5.97 Å². The Morgan fingerprint density at radius 2 is 1.90 bits per heavy atom. The van der Waals surface area contributed by atoms with Gasteiger partial charge in [0.1, 0.15) is 11.6 Å². The van der Waals surface area contributed by atoms with Crippen molar-refractivity contribution in [2.75, 3.05) is 7.11 Å². The molecule has 0 radical (unpaired) electrons. The first-order valence-electron chi connectivity index (χ1n) is 8.65. The van der Waals surface area contributed by atoms with Crippen LogP contribution in [0.15, 0.2) is 48.1 Å². The highest BCUT2D eigenvalue weighted by Crippen LogP contribution is 2.32. The fourth-order valence-corrected chi connectivity index (χ4v) is 4.43. The van der Waals surface area contributed by atoms with Crippen molar-refractivity contribution in [2.24, 2.45) is 0 Å². The molecule has 4 heterocycles. The predicted molar refractivity (Wildman–Crippen MR) is 111 cm³/mol. The van der Waals surface area contributed by atoms with Gasteiger partial charge in [0.25, 0.3) is 0 Å². The summed E-state index contributed by atoms with van der Waals surface area (Å²) in [7, 11) is 1.37. The molecule has 0 aromatic carbocycles. The third kappa shape index (κ3) is 4.30. The first-order chi connectivity index (χ1) is 14.1. The van der Waals surface area contributed by atoms with Gasteiger partial charge in [-0.3, -0.25) is 0 Å². The van der Waals surface area contributed by atoms with E-state index in [9.17, 15) is 4.79 Å². The van der Waals surface area contributed by atoms with Crippen LogP contribution in [0.5, 0.6) is 6.01 Å². The number of hydrogen-bond acceptors (Lipinski definition) is 9. The standard InChI is InChI=1S/C20H16N4O3S2/c1-12-18(29-17(23-12)10-27-20-21-7-4-8-22-20)15-6-3-5-14(24-15)16-9-13(11-28-16)19(25)26-2/h3-9,11H,10H2,1-2H3. The second kappa shape index (κ2) is 8.46. The van der Waals surface area contributed by atoms with E-state index < -0.39 is 0 Å². The second-order valence-corrected chi connectivity index (χ2v) is 7.94. The molecule has 7 nitrogen and oxygen atoms in total. The number of pyridine rings is 1. The molecule has 4 aromatic heterocycles. The fraction of sp³-hybridized carbons (Fsp3) is 0.150. The largest absolute Gasteiger partial charge is 0.465 e. The van der Waals surface area contributed by atoms with Gasteiger partial charge < -0.3 is 9.47 Å². The molecule has 0 amide bonds. The van der Waals surface area contributed by atoms with Crippen molar-refractivity contribution in [2.45, 2.75) is 13.5 Å². The van der Waals surface area contributed by atoms with Crippen LogP contribution in [-0.4, -0.2) is 33.0 Å². The molecule has 0 saturated carbocycles. The summed E-state index contributed by atoms with van der Waals surface area (Å²) in [6.07, 6.45) is 3.26. The maximum atomic E-state index is 11.7. The molecule has 0 bridgehead atoms. The van der Waals surface area contributed by atoms with Crippen LogP contribution < -0.4 is 4.74 Å². The molecule has 4 rings (SSSR count). The number of ether oxygens (including phenoxy) is 2. The smallest absolute Gasteiger partial charge is 0.338 e. The number of carbonyl (C=O) groups is 1. The molecule has 0 saturated heterocycles. The van der Waals surface area contributed by atoms with Gasteiger partial charge in [-0.15, -0.1) is 22.7 Å². The summed E-state index contributed by atoms with van der Waals surface area (Å²) >= 11 is 2.98. The van der Waals surface area contributed by atoms with Crippen LogP contribution in [0.25, 0.3) is 21.1 Å². The summed E-state index contributed by atoms with van der Waals surface area (Å²) in [6, 6.07) is 9.66. The maximum Gasteiger partial charge on any atom is 0.338 e. The lowest BCUT2D eigenvalue weighted by atomic mass is 10.2. The molecule has 0 aliphatic heterocycles. The minimum atomic E-state index is -0.353. The average molecular weight is 425 g/mol. The molecule has 0 aliphatic carbocycles. The number of carbonyl (C=O) groups excluding carboxylic acids is 1. The summed E-state index contributed by atoms with van der Waals surface area (Å²) in [5, 5.41) is 2.59. The molecule has 0 unspecified atom stereocenters. The number of thiophene rings is 1. The number of rotatable bonds is 6. The normalized spacial score (nSPS) is 10.7. The third-order valence-corrected chi connectivity index (χ3v) is 6.07. The van der Waals surface area contributed by atoms with E-state index in [1.54, 1.807) is 29.9 Å². The van der Waals surface area contributed by atoms with E-state index in [1.165, 1.54) is 29.8 Å². The molecular formula is C20H16N4O3S2. The molecule has 29 heavy (non-hydrogen) atoms. The summed E-state index contributed by atoms with van der Waals surface area (Å²) in [5.41, 5.74) is 3.03. The van der Waals surface area contributed by atoms with Crippen molar-refractivity contribution >= 4 is 28.6 Å². The van der Waals surface area contributed by atoms with Crippen LogP contribution in [0.2, 0.25) is 0 Å². The van der Waals surface area contributed by atoms with Crippen molar-refractivity contribution < 1.29 is 14.3 Å². The molecule has 9 heteroatoms. The van der Waals surface area contributed by atoms with Crippen LogP contribution >= 0.6 is 22.7 Å². The number of nitrogens with zero attached hydrogens (tertiary/aromatic N) is 4. The monoisotopic (exact) mass is 424 g/mol. The number of hydrogen-bond donors (Lipinski definition) is 0. The zero-order valence-electron chi connectivity index (χ0n) is 15.7. The van der Waals surface area contributed by atoms with Crippen molar-refractivity contribution in [3.63, 3.8) is 0 Å². The maximum absolute atomic E-state index is 11.7.